The van der Waals surface area contributed by atoms with E-state index in [4.69, 9.17) is 11.6 Å². The first kappa shape index (κ1) is 21.9. The Kier molecular flexibility index (Phi) is 7.17. The third-order valence-corrected chi connectivity index (χ3v) is 5.11. The zero-order valence-corrected chi connectivity index (χ0v) is 18.3. The molecule has 7 nitrogen and oxygen atoms in total. The molecule has 0 aliphatic carbocycles. The van der Waals surface area contributed by atoms with Crippen LogP contribution in [0.15, 0.2) is 46.9 Å². The molecule has 3 aromatic rings. The average Bonchev–Trinajstić information content (AvgIpc) is 3.11. The highest BCUT2D eigenvalue weighted by Crippen LogP contribution is 2.20. The maximum atomic E-state index is 13.3. The lowest BCUT2D eigenvalue weighted by Crippen LogP contribution is -2.30. The summed E-state index contributed by atoms with van der Waals surface area (Å²) in [4.78, 5) is 24.4. The van der Waals surface area contributed by atoms with Gasteiger partial charge in [-0.2, -0.15) is 0 Å². The van der Waals surface area contributed by atoms with Crippen LogP contribution in [0.3, 0.4) is 0 Å². The fraction of sp³-hybridized carbons (Fsp3) is 0.200. The predicted octanol–water partition coefficient (Wildman–Crippen LogP) is 3.68. The van der Waals surface area contributed by atoms with Gasteiger partial charge in [0.25, 0.3) is 11.8 Å². The Morgan fingerprint density at radius 1 is 1.10 bits per heavy atom. The van der Waals surface area contributed by atoms with Crippen LogP contribution in [-0.4, -0.2) is 39.9 Å². The minimum atomic E-state index is -0.539. The van der Waals surface area contributed by atoms with Crippen molar-refractivity contribution >= 4 is 39.3 Å². The molecule has 1 aromatic heterocycles. The topological polar surface area (TPSA) is 88.9 Å². The van der Waals surface area contributed by atoms with E-state index >= 15 is 0 Å². The van der Waals surface area contributed by atoms with Crippen LogP contribution in [-0.2, 0) is 0 Å². The fourth-order valence-electron chi connectivity index (χ4n) is 2.68. The summed E-state index contributed by atoms with van der Waals surface area (Å²) >= 11 is 9.13. The summed E-state index contributed by atoms with van der Waals surface area (Å²) in [6, 6.07) is 11.2. The van der Waals surface area contributed by atoms with Gasteiger partial charge in [-0.1, -0.05) is 32.7 Å². The SMILES string of the molecule is Cc1c(C(=O)NCCCNC(=O)c2ccc(Br)cc2)nnn1-c1ccc(F)c(Cl)c1. The molecule has 0 fully saturated rings. The highest BCUT2D eigenvalue weighted by atomic mass is 79.9. The second kappa shape index (κ2) is 9.82. The number of halogens is 3. The number of carbonyl (C=O) groups is 2. The van der Waals surface area contributed by atoms with Crippen molar-refractivity contribution in [3.05, 3.63) is 74.7 Å². The number of benzene rings is 2. The first-order valence-corrected chi connectivity index (χ1v) is 10.2. The molecule has 3 rings (SSSR count). The number of amides is 2. The van der Waals surface area contributed by atoms with E-state index in [1.807, 2.05) is 0 Å². The lowest BCUT2D eigenvalue weighted by atomic mass is 10.2. The molecular formula is C20H18BrClFN5O2. The lowest BCUT2D eigenvalue weighted by molar-refractivity contribution is 0.0947. The first-order valence-electron chi connectivity index (χ1n) is 9.06. The van der Waals surface area contributed by atoms with Gasteiger partial charge in [0, 0.05) is 23.1 Å². The zero-order valence-electron chi connectivity index (χ0n) is 16.0. The van der Waals surface area contributed by atoms with Crippen molar-refractivity contribution in [3.63, 3.8) is 0 Å². The highest BCUT2D eigenvalue weighted by Gasteiger charge is 2.17. The maximum absolute atomic E-state index is 13.3. The molecule has 0 saturated heterocycles. The summed E-state index contributed by atoms with van der Waals surface area (Å²) in [6.07, 6.45) is 0.550. The number of rotatable bonds is 7. The van der Waals surface area contributed by atoms with Crippen molar-refractivity contribution in [1.82, 2.24) is 25.6 Å². The van der Waals surface area contributed by atoms with E-state index < -0.39 is 5.82 Å². The quantitative estimate of drug-likeness (QED) is 0.491. The van der Waals surface area contributed by atoms with Crippen molar-refractivity contribution in [2.45, 2.75) is 13.3 Å². The monoisotopic (exact) mass is 493 g/mol. The van der Waals surface area contributed by atoms with Crippen LogP contribution in [0.2, 0.25) is 5.02 Å². The number of hydrogen-bond donors (Lipinski definition) is 2. The smallest absolute Gasteiger partial charge is 0.273 e. The largest absolute Gasteiger partial charge is 0.352 e. The van der Waals surface area contributed by atoms with Crippen LogP contribution >= 0.6 is 27.5 Å². The third kappa shape index (κ3) is 5.22. The minimum absolute atomic E-state index is 0.0430. The number of nitrogens with one attached hydrogen (secondary N) is 2. The van der Waals surface area contributed by atoms with E-state index in [1.54, 1.807) is 31.2 Å². The molecule has 2 aromatic carbocycles. The third-order valence-electron chi connectivity index (χ3n) is 4.29. The van der Waals surface area contributed by atoms with Gasteiger partial charge in [-0.3, -0.25) is 9.59 Å². The standard InChI is InChI=1S/C20H18BrClFN5O2/c1-12-18(26-27-28(12)15-7-8-17(23)16(22)11-15)20(30)25-10-2-9-24-19(29)13-3-5-14(21)6-4-13/h3-8,11H,2,9-10H2,1H3,(H,24,29)(H,25,30). The fourth-order valence-corrected chi connectivity index (χ4v) is 3.12. The molecule has 10 heteroatoms. The zero-order chi connectivity index (χ0) is 21.7. The summed E-state index contributed by atoms with van der Waals surface area (Å²) in [5.41, 5.74) is 1.73. The van der Waals surface area contributed by atoms with Crippen molar-refractivity contribution in [2.75, 3.05) is 13.1 Å². The summed E-state index contributed by atoms with van der Waals surface area (Å²) in [5, 5.41) is 13.4. The molecule has 0 unspecified atom stereocenters. The van der Waals surface area contributed by atoms with Crippen molar-refractivity contribution in [1.29, 1.82) is 0 Å². The molecule has 0 radical (unpaired) electrons. The summed E-state index contributed by atoms with van der Waals surface area (Å²) < 4.78 is 15.7. The van der Waals surface area contributed by atoms with Gasteiger partial charge in [-0.05, 0) is 55.8 Å². The Morgan fingerprint density at radius 3 is 2.43 bits per heavy atom. The molecule has 30 heavy (non-hydrogen) atoms. The maximum Gasteiger partial charge on any atom is 0.273 e. The van der Waals surface area contributed by atoms with E-state index in [0.717, 1.165) is 4.47 Å². The van der Waals surface area contributed by atoms with E-state index in [0.29, 0.717) is 36.5 Å². The van der Waals surface area contributed by atoms with Gasteiger partial charge in [0.15, 0.2) is 5.69 Å². The van der Waals surface area contributed by atoms with Crippen LogP contribution in [0.1, 0.15) is 33.0 Å². The second-order valence-corrected chi connectivity index (χ2v) is 7.73. The molecule has 2 N–H and O–H groups in total. The number of carbonyl (C=O) groups excluding carboxylic acids is 2. The molecule has 0 spiro atoms. The van der Waals surface area contributed by atoms with Gasteiger partial charge in [-0.25, -0.2) is 9.07 Å². The Bertz CT molecular complexity index is 1070. The molecular weight excluding hydrogens is 477 g/mol. The van der Waals surface area contributed by atoms with Crippen LogP contribution in [0.5, 0.6) is 0 Å². The average molecular weight is 495 g/mol. The van der Waals surface area contributed by atoms with Crippen LogP contribution in [0.4, 0.5) is 4.39 Å². The lowest BCUT2D eigenvalue weighted by Gasteiger charge is -2.07. The molecule has 0 bridgehead atoms. The summed E-state index contributed by atoms with van der Waals surface area (Å²) in [6.45, 7) is 2.45. The van der Waals surface area contributed by atoms with Crippen molar-refractivity contribution in [2.24, 2.45) is 0 Å². The number of nitrogens with zero attached hydrogens (tertiary/aromatic N) is 3. The highest BCUT2D eigenvalue weighted by molar-refractivity contribution is 9.10. The van der Waals surface area contributed by atoms with E-state index in [2.05, 4.69) is 36.9 Å². The van der Waals surface area contributed by atoms with Crippen molar-refractivity contribution in [3.8, 4) is 5.69 Å². The Balaban J connectivity index is 1.49. The Hall–Kier alpha value is -2.78. The van der Waals surface area contributed by atoms with Crippen molar-refractivity contribution < 1.29 is 14.0 Å². The van der Waals surface area contributed by atoms with Gasteiger partial charge in [0.05, 0.1) is 16.4 Å². The van der Waals surface area contributed by atoms with Crippen LogP contribution in [0.25, 0.3) is 5.69 Å². The summed E-state index contributed by atoms with van der Waals surface area (Å²) in [5.74, 6) is -1.10. The van der Waals surface area contributed by atoms with Gasteiger partial charge in [0.1, 0.15) is 5.82 Å². The number of aromatic nitrogens is 3. The normalized spacial score (nSPS) is 10.7. The molecule has 0 aliphatic heterocycles. The molecule has 1 heterocycles. The van der Waals surface area contributed by atoms with Crippen LogP contribution < -0.4 is 10.6 Å². The van der Waals surface area contributed by atoms with Gasteiger partial charge < -0.3 is 10.6 Å². The predicted molar refractivity (Wildman–Crippen MR) is 114 cm³/mol. The van der Waals surface area contributed by atoms with Gasteiger partial charge >= 0.3 is 0 Å². The van der Waals surface area contributed by atoms with E-state index in [9.17, 15) is 14.0 Å². The Labute approximate surface area is 185 Å². The molecule has 156 valence electrons. The first-order chi connectivity index (χ1) is 14.4. The van der Waals surface area contributed by atoms with Crippen LogP contribution in [0, 0.1) is 12.7 Å². The molecule has 0 saturated carbocycles. The van der Waals surface area contributed by atoms with E-state index in [1.165, 1.54) is 22.9 Å². The van der Waals surface area contributed by atoms with E-state index in [-0.39, 0.29) is 22.5 Å². The van der Waals surface area contributed by atoms with Gasteiger partial charge in [0.2, 0.25) is 0 Å². The summed E-state index contributed by atoms with van der Waals surface area (Å²) in [7, 11) is 0. The second-order valence-electron chi connectivity index (χ2n) is 6.41. The molecule has 2 amide bonds. The number of hydrogen-bond acceptors (Lipinski definition) is 4. The Morgan fingerprint density at radius 2 is 1.77 bits per heavy atom. The minimum Gasteiger partial charge on any atom is -0.352 e. The molecule has 0 aliphatic rings. The van der Waals surface area contributed by atoms with Gasteiger partial charge in [-0.15, -0.1) is 5.10 Å². The molecule has 0 atom stereocenters.